The quantitative estimate of drug-likeness (QED) is 0.808. The van der Waals surface area contributed by atoms with Gasteiger partial charge in [0.05, 0.1) is 0 Å². The van der Waals surface area contributed by atoms with Crippen molar-refractivity contribution >= 4 is 0 Å². The number of hydrogen-bond donors (Lipinski definition) is 1. The highest BCUT2D eigenvalue weighted by atomic mass is 16.5. The van der Waals surface area contributed by atoms with E-state index in [0.717, 1.165) is 24.3 Å². The van der Waals surface area contributed by atoms with Gasteiger partial charge in [-0.25, -0.2) is 0 Å². The van der Waals surface area contributed by atoms with Gasteiger partial charge in [0.2, 0.25) is 0 Å². The minimum atomic E-state index is 0.272. The number of benzene rings is 2. The Bertz CT molecular complexity index is 563. The summed E-state index contributed by atoms with van der Waals surface area (Å²) in [5.41, 5.74) is 8.51. The highest BCUT2D eigenvalue weighted by molar-refractivity contribution is 5.39. The zero-order chi connectivity index (χ0) is 15.2. The van der Waals surface area contributed by atoms with Gasteiger partial charge < -0.3 is 10.5 Å². The predicted molar refractivity (Wildman–Crippen MR) is 89.0 cm³/mol. The van der Waals surface area contributed by atoms with Gasteiger partial charge in [-0.15, -0.1) is 0 Å². The van der Waals surface area contributed by atoms with Gasteiger partial charge in [0.25, 0.3) is 0 Å². The third-order valence-corrected chi connectivity index (χ3v) is 3.81. The molecule has 0 spiro atoms. The van der Waals surface area contributed by atoms with E-state index in [2.05, 4.69) is 39.0 Å². The Balaban J connectivity index is 2.06. The van der Waals surface area contributed by atoms with Crippen LogP contribution in [-0.2, 0) is 0 Å². The molecule has 2 heteroatoms. The van der Waals surface area contributed by atoms with E-state index in [1.165, 1.54) is 11.1 Å². The van der Waals surface area contributed by atoms with Crippen molar-refractivity contribution in [3.8, 4) is 11.5 Å². The third-order valence-electron chi connectivity index (χ3n) is 3.81. The molecule has 0 aliphatic heterocycles. The van der Waals surface area contributed by atoms with Gasteiger partial charge in [-0.2, -0.15) is 0 Å². The average Bonchev–Trinajstić information content (AvgIpc) is 2.46. The first-order chi connectivity index (χ1) is 10.1. The van der Waals surface area contributed by atoms with Crippen molar-refractivity contribution in [3.05, 3.63) is 59.7 Å². The summed E-state index contributed by atoms with van der Waals surface area (Å²) in [4.78, 5) is 0. The fourth-order valence-electron chi connectivity index (χ4n) is 2.56. The molecule has 2 atom stereocenters. The molecule has 0 aliphatic carbocycles. The molecule has 0 bridgehead atoms. The van der Waals surface area contributed by atoms with Crippen LogP contribution in [0.3, 0.4) is 0 Å². The predicted octanol–water partition coefficient (Wildman–Crippen LogP) is 5.02. The van der Waals surface area contributed by atoms with Gasteiger partial charge in [0, 0.05) is 6.04 Å². The largest absolute Gasteiger partial charge is 0.457 e. The number of para-hydroxylation sites is 1. The number of aryl methyl sites for hydroxylation is 1. The zero-order valence-corrected chi connectivity index (χ0v) is 13.2. The molecular formula is C19H25NO. The fourth-order valence-corrected chi connectivity index (χ4v) is 2.56. The maximum Gasteiger partial charge on any atom is 0.127 e. The normalized spacial score (nSPS) is 13.7. The van der Waals surface area contributed by atoms with Crippen molar-refractivity contribution in [2.45, 2.75) is 45.6 Å². The number of rotatable bonds is 6. The second-order valence-corrected chi connectivity index (χ2v) is 5.89. The van der Waals surface area contributed by atoms with E-state index in [9.17, 15) is 0 Å². The van der Waals surface area contributed by atoms with E-state index in [1.54, 1.807) is 0 Å². The molecule has 0 aromatic heterocycles. The van der Waals surface area contributed by atoms with Crippen LogP contribution in [0.1, 0.15) is 43.7 Å². The molecule has 2 N–H and O–H groups in total. The van der Waals surface area contributed by atoms with E-state index in [1.807, 2.05) is 30.3 Å². The minimum absolute atomic E-state index is 0.272. The first-order valence-electron chi connectivity index (χ1n) is 7.65. The van der Waals surface area contributed by atoms with Gasteiger partial charge in [-0.3, -0.25) is 0 Å². The Hall–Kier alpha value is -1.80. The van der Waals surface area contributed by atoms with Crippen LogP contribution >= 0.6 is 0 Å². The summed E-state index contributed by atoms with van der Waals surface area (Å²) in [6.07, 6.45) is 2.18. The Kier molecular flexibility index (Phi) is 5.40. The maximum absolute atomic E-state index is 5.87. The smallest absolute Gasteiger partial charge is 0.127 e. The van der Waals surface area contributed by atoms with Gasteiger partial charge in [-0.05, 0) is 68.0 Å². The molecule has 21 heavy (non-hydrogen) atoms. The van der Waals surface area contributed by atoms with Crippen molar-refractivity contribution in [3.63, 3.8) is 0 Å². The summed E-state index contributed by atoms with van der Waals surface area (Å²) < 4.78 is 5.87. The van der Waals surface area contributed by atoms with Gasteiger partial charge >= 0.3 is 0 Å². The zero-order valence-electron chi connectivity index (χ0n) is 13.2. The van der Waals surface area contributed by atoms with Crippen molar-refractivity contribution in [1.29, 1.82) is 0 Å². The molecular weight excluding hydrogens is 258 g/mol. The summed E-state index contributed by atoms with van der Waals surface area (Å²) in [7, 11) is 0. The van der Waals surface area contributed by atoms with E-state index >= 15 is 0 Å². The van der Waals surface area contributed by atoms with Crippen LogP contribution in [0, 0.1) is 6.92 Å². The molecule has 2 aromatic carbocycles. The van der Waals surface area contributed by atoms with E-state index in [0.29, 0.717) is 5.92 Å². The topological polar surface area (TPSA) is 35.2 Å². The molecule has 0 heterocycles. The molecule has 2 unspecified atom stereocenters. The molecule has 112 valence electrons. The summed E-state index contributed by atoms with van der Waals surface area (Å²) >= 11 is 0. The molecule has 0 fully saturated rings. The minimum Gasteiger partial charge on any atom is -0.457 e. The molecule has 0 saturated heterocycles. The summed E-state index contributed by atoms with van der Waals surface area (Å²) in [6.45, 7) is 6.48. The lowest BCUT2D eigenvalue weighted by Gasteiger charge is -2.17. The van der Waals surface area contributed by atoms with Crippen LogP contribution < -0.4 is 10.5 Å². The first kappa shape index (κ1) is 15.6. The Morgan fingerprint density at radius 1 is 0.952 bits per heavy atom. The number of nitrogens with two attached hydrogens (primary N) is 1. The second kappa shape index (κ2) is 7.28. The molecule has 0 radical (unpaired) electrons. The number of ether oxygens (including phenoxy) is 1. The average molecular weight is 283 g/mol. The van der Waals surface area contributed by atoms with Crippen LogP contribution in [-0.4, -0.2) is 6.04 Å². The van der Waals surface area contributed by atoms with Crippen molar-refractivity contribution in [2.24, 2.45) is 5.73 Å². The summed E-state index contributed by atoms with van der Waals surface area (Å²) in [5.74, 6) is 2.29. The molecule has 2 nitrogen and oxygen atoms in total. The van der Waals surface area contributed by atoms with E-state index in [4.69, 9.17) is 10.5 Å². The summed E-state index contributed by atoms with van der Waals surface area (Å²) in [6, 6.07) is 16.5. The Morgan fingerprint density at radius 3 is 2.29 bits per heavy atom. The lowest BCUT2D eigenvalue weighted by molar-refractivity contribution is 0.481. The monoisotopic (exact) mass is 283 g/mol. The highest BCUT2D eigenvalue weighted by Gasteiger charge is 2.10. The number of hydrogen-bond acceptors (Lipinski definition) is 2. The maximum atomic E-state index is 5.87. The van der Waals surface area contributed by atoms with Crippen molar-refractivity contribution in [1.82, 2.24) is 0 Å². The molecule has 0 saturated carbocycles. The fraction of sp³-hybridized carbons (Fsp3) is 0.368. The van der Waals surface area contributed by atoms with Gasteiger partial charge in [0.1, 0.15) is 11.5 Å². The van der Waals surface area contributed by atoms with Crippen LogP contribution in [0.5, 0.6) is 11.5 Å². The standard InChI is InChI=1S/C19H25NO/c1-14(9-10-16(3)20)19-12-11-18(13-15(19)2)21-17-7-5-4-6-8-17/h4-8,11-14,16H,9-10,20H2,1-3H3. The third kappa shape index (κ3) is 4.61. The summed E-state index contributed by atoms with van der Waals surface area (Å²) in [5, 5.41) is 0. The highest BCUT2D eigenvalue weighted by Crippen LogP contribution is 2.29. The van der Waals surface area contributed by atoms with Crippen LogP contribution in [0.2, 0.25) is 0 Å². The Labute approximate surface area is 127 Å². The van der Waals surface area contributed by atoms with Crippen LogP contribution in [0.15, 0.2) is 48.5 Å². The van der Waals surface area contributed by atoms with Gasteiger partial charge in [-0.1, -0.05) is 31.2 Å². The van der Waals surface area contributed by atoms with E-state index in [-0.39, 0.29) is 6.04 Å². The van der Waals surface area contributed by atoms with Crippen LogP contribution in [0.25, 0.3) is 0 Å². The first-order valence-corrected chi connectivity index (χ1v) is 7.65. The molecule has 0 amide bonds. The Morgan fingerprint density at radius 2 is 1.67 bits per heavy atom. The molecule has 0 aliphatic rings. The lowest BCUT2D eigenvalue weighted by Crippen LogP contribution is -2.15. The van der Waals surface area contributed by atoms with Crippen molar-refractivity contribution in [2.75, 3.05) is 0 Å². The SMILES string of the molecule is Cc1cc(Oc2ccccc2)ccc1C(C)CCC(C)N. The van der Waals surface area contributed by atoms with Gasteiger partial charge in [0.15, 0.2) is 0 Å². The van der Waals surface area contributed by atoms with Crippen molar-refractivity contribution < 1.29 is 4.74 Å². The van der Waals surface area contributed by atoms with Crippen LogP contribution in [0.4, 0.5) is 0 Å². The second-order valence-electron chi connectivity index (χ2n) is 5.89. The molecule has 2 aromatic rings. The lowest BCUT2D eigenvalue weighted by atomic mass is 9.91. The molecule has 2 rings (SSSR count). The van der Waals surface area contributed by atoms with E-state index < -0.39 is 0 Å².